The molecule has 3 aliphatic carbocycles. The zero-order valence-electron chi connectivity index (χ0n) is 20.3. The van der Waals surface area contributed by atoms with E-state index in [2.05, 4.69) is 102 Å². The number of allylic oxidation sites excluding steroid dienone is 4. The second-order valence-corrected chi connectivity index (χ2v) is 11.2. The Morgan fingerprint density at radius 1 is 0.806 bits per heavy atom. The molecule has 4 aliphatic rings. The average molecular weight is 462 g/mol. The van der Waals surface area contributed by atoms with Gasteiger partial charge in [0.1, 0.15) is 0 Å². The first-order valence-electron chi connectivity index (χ1n) is 13.5. The fourth-order valence-corrected chi connectivity index (χ4v) is 8.19. The first-order chi connectivity index (χ1) is 17.8. The molecule has 1 aromatic heterocycles. The second kappa shape index (κ2) is 6.68. The summed E-state index contributed by atoms with van der Waals surface area (Å²) in [6, 6.07) is 30.1. The molecule has 0 amide bonds. The van der Waals surface area contributed by atoms with Gasteiger partial charge >= 0.3 is 0 Å². The van der Waals surface area contributed by atoms with Gasteiger partial charge in [0, 0.05) is 16.2 Å². The normalized spacial score (nSPS) is 22.9. The van der Waals surface area contributed by atoms with E-state index in [0.29, 0.717) is 5.92 Å². The average Bonchev–Trinajstić information content (AvgIpc) is 3.63. The molecule has 5 aromatic rings. The number of fused-ring (bicyclic) bond motifs is 7. The van der Waals surface area contributed by atoms with E-state index in [1.54, 1.807) is 16.7 Å². The molecule has 1 heteroatoms. The maximum Gasteiger partial charge on any atom is 0.0585 e. The highest BCUT2D eigenvalue weighted by Gasteiger charge is 2.55. The lowest BCUT2D eigenvalue weighted by Gasteiger charge is -2.37. The first kappa shape index (κ1) is 19.4. The molecule has 2 unspecified atom stereocenters. The molecular weight excluding hydrogens is 434 g/mol. The number of para-hydroxylation sites is 1. The van der Waals surface area contributed by atoms with Crippen LogP contribution in [0.25, 0.3) is 44.2 Å². The fourth-order valence-electron chi connectivity index (χ4n) is 8.19. The Kier molecular flexibility index (Phi) is 3.59. The van der Waals surface area contributed by atoms with E-state index in [9.17, 15) is 0 Å². The number of hydrogen-bond donors (Lipinski definition) is 0. The Labute approximate surface area is 211 Å². The maximum atomic E-state index is 2.61. The van der Waals surface area contributed by atoms with E-state index in [1.165, 1.54) is 69.0 Å². The van der Waals surface area contributed by atoms with Gasteiger partial charge in [0.05, 0.1) is 16.7 Å². The molecule has 2 heterocycles. The summed E-state index contributed by atoms with van der Waals surface area (Å²) >= 11 is 0. The Morgan fingerprint density at radius 3 is 2.58 bits per heavy atom. The molecule has 1 aliphatic heterocycles. The predicted octanol–water partition coefficient (Wildman–Crippen LogP) is 9.06. The molecule has 1 saturated carbocycles. The van der Waals surface area contributed by atoms with E-state index in [-0.39, 0.29) is 5.41 Å². The van der Waals surface area contributed by atoms with Crippen molar-refractivity contribution in [3.05, 3.63) is 119 Å². The smallest absolute Gasteiger partial charge is 0.0585 e. The summed E-state index contributed by atoms with van der Waals surface area (Å²) in [6.07, 6.45) is 13.1. The highest BCUT2D eigenvalue weighted by molar-refractivity contribution is 6.14. The van der Waals surface area contributed by atoms with Gasteiger partial charge in [-0.15, -0.1) is 0 Å². The van der Waals surface area contributed by atoms with Crippen molar-refractivity contribution in [2.45, 2.75) is 43.4 Å². The van der Waals surface area contributed by atoms with E-state index in [4.69, 9.17) is 0 Å². The number of rotatable bonds is 2. The van der Waals surface area contributed by atoms with Gasteiger partial charge in [-0.25, -0.2) is 0 Å². The van der Waals surface area contributed by atoms with Crippen LogP contribution in [0.3, 0.4) is 0 Å². The zero-order valence-corrected chi connectivity index (χ0v) is 20.3. The van der Waals surface area contributed by atoms with Gasteiger partial charge in [0.2, 0.25) is 0 Å². The van der Waals surface area contributed by atoms with Gasteiger partial charge in [-0.05, 0) is 101 Å². The minimum atomic E-state index is 0.168. The molecule has 9 rings (SSSR count). The van der Waals surface area contributed by atoms with Crippen LogP contribution in [0.1, 0.15) is 60.3 Å². The topological polar surface area (TPSA) is 4.93 Å². The summed E-state index contributed by atoms with van der Waals surface area (Å²) in [5.74, 6) is 0.658. The Bertz CT molecular complexity index is 1810. The molecule has 0 radical (unpaired) electrons. The minimum Gasteiger partial charge on any atom is -0.309 e. The molecule has 0 saturated heterocycles. The molecule has 0 N–H and O–H groups in total. The number of aromatic nitrogens is 1. The lowest BCUT2D eigenvalue weighted by Crippen LogP contribution is -2.29. The van der Waals surface area contributed by atoms with Crippen LogP contribution in [-0.2, 0) is 5.41 Å². The summed E-state index contributed by atoms with van der Waals surface area (Å²) < 4.78 is 2.61. The van der Waals surface area contributed by atoms with E-state index < -0.39 is 0 Å². The summed E-state index contributed by atoms with van der Waals surface area (Å²) in [7, 11) is 0. The SMILES string of the molecule is C1=CC(c2ccc3c(c2)c2cc(-c4ccccc4)c4c5c2n3-c2ccccc2C52CCC4C2)=CCC1. The largest absolute Gasteiger partial charge is 0.309 e. The van der Waals surface area contributed by atoms with E-state index >= 15 is 0 Å². The standard InChI is InChI=1S/C35H27N/c1-3-9-22(10-4-1)24-15-16-30-27(19-24)28-20-26(23-11-5-2-6-12-23)32-25-17-18-35(21-25)29-13-7-8-14-31(29)36(30)34(28)33(32)35/h2-3,5-16,19-20,25H,1,4,17-18,21H2. The van der Waals surface area contributed by atoms with Crippen LogP contribution >= 0.6 is 0 Å². The number of benzene rings is 4. The highest BCUT2D eigenvalue weighted by Crippen LogP contribution is 2.66. The van der Waals surface area contributed by atoms with Crippen molar-refractivity contribution in [1.82, 2.24) is 4.57 Å². The van der Waals surface area contributed by atoms with Crippen LogP contribution in [0.4, 0.5) is 0 Å². The third kappa shape index (κ3) is 2.23. The Balaban J connectivity index is 1.48. The van der Waals surface area contributed by atoms with Crippen LogP contribution in [0, 0.1) is 0 Å². The summed E-state index contributed by atoms with van der Waals surface area (Å²) in [4.78, 5) is 0. The van der Waals surface area contributed by atoms with Crippen molar-refractivity contribution in [2.24, 2.45) is 0 Å². The van der Waals surface area contributed by atoms with Crippen LogP contribution in [0.2, 0.25) is 0 Å². The van der Waals surface area contributed by atoms with Crippen LogP contribution < -0.4 is 0 Å². The van der Waals surface area contributed by atoms with Gasteiger partial charge in [0.15, 0.2) is 0 Å². The molecule has 172 valence electrons. The van der Waals surface area contributed by atoms with Gasteiger partial charge < -0.3 is 4.57 Å². The lowest BCUT2D eigenvalue weighted by molar-refractivity contribution is 0.543. The van der Waals surface area contributed by atoms with Gasteiger partial charge in [0.25, 0.3) is 0 Å². The second-order valence-electron chi connectivity index (χ2n) is 11.2. The summed E-state index contributed by atoms with van der Waals surface area (Å²) in [5.41, 5.74) is 14.7. The fraction of sp³-hybridized carbons (Fsp3) is 0.200. The predicted molar refractivity (Wildman–Crippen MR) is 150 cm³/mol. The molecule has 2 bridgehead atoms. The molecular formula is C35H27N. The van der Waals surface area contributed by atoms with E-state index in [1.807, 2.05) is 0 Å². The van der Waals surface area contributed by atoms with E-state index in [0.717, 1.165) is 12.8 Å². The van der Waals surface area contributed by atoms with Crippen LogP contribution in [-0.4, -0.2) is 4.57 Å². The van der Waals surface area contributed by atoms with Crippen molar-refractivity contribution in [3.63, 3.8) is 0 Å². The Hall–Kier alpha value is -3.84. The van der Waals surface area contributed by atoms with Crippen molar-refractivity contribution in [3.8, 4) is 16.8 Å². The maximum absolute atomic E-state index is 2.61. The third-order valence-electron chi connectivity index (χ3n) is 9.57. The van der Waals surface area contributed by atoms with Crippen molar-refractivity contribution < 1.29 is 0 Å². The molecule has 2 atom stereocenters. The molecule has 1 spiro atoms. The van der Waals surface area contributed by atoms with Crippen molar-refractivity contribution >= 4 is 27.4 Å². The molecule has 4 aromatic carbocycles. The summed E-state index contributed by atoms with van der Waals surface area (Å²) in [6.45, 7) is 0. The van der Waals surface area contributed by atoms with Crippen LogP contribution in [0.5, 0.6) is 0 Å². The van der Waals surface area contributed by atoms with Gasteiger partial charge in [-0.2, -0.15) is 0 Å². The third-order valence-corrected chi connectivity index (χ3v) is 9.57. The minimum absolute atomic E-state index is 0.168. The molecule has 36 heavy (non-hydrogen) atoms. The zero-order chi connectivity index (χ0) is 23.4. The van der Waals surface area contributed by atoms with Gasteiger partial charge in [-0.1, -0.05) is 72.8 Å². The first-order valence-corrected chi connectivity index (χ1v) is 13.5. The van der Waals surface area contributed by atoms with Crippen LogP contribution in [0.15, 0.2) is 97.1 Å². The summed E-state index contributed by atoms with van der Waals surface area (Å²) in [5, 5.41) is 2.81. The number of nitrogens with zero attached hydrogens (tertiary/aromatic N) is 1. The number of hydrogen-bond acceptors (Lipinski definition) is 0. The highest BCUT2D eigenvalue weighted by atomic mass is 15.0. The quantitative estimate of drug-likeness (QED) is 0.247. The van der Waals surface area contributed by atoms with Crippen molar-refractivity contribution in [2.75, 3.05) is 0 Å². The molecule has 1 nitrogen and oxygen atoms in total. The van der Waals surface area contributed by atoms with Crippen molar-refractivity contribution in [1.29, 1.82) is 0 Å². The molecule has 1 fully saturated rings. The lowest BCUT2D eigenvalue weighted by atomic mass is 9.70. The Morgan fingerprint density at radius 2 is 1.69 bits per heavy atom. The van der Waals surface area contributed by atoms with Gasteiger partial charge in [-0.3, -0.25) is 0 Å². The monoisotopic (exact) mass is 461 g/mol.